The molecule has 5 nitrogen and oxygen atoms in total. The lowest BCUT2D eigenvalue weighted by Crippen LogP contribution is -2.03. The van der Waals surface area contributed by atoms with Crippen molar-refractivity contribution in [3.05, 3.63) is 59.2 Å². The monoisotopic (exact) mass is 322 g/mol. The van der Waals surface area contributed by atoms with Crippen molar-refractivity contribution in [2.45, 2.75) is 5.75 Å². The number of esters is 1. The van der Waals surface area contributed by atoms with E-state index in [0.29, 0.717) is 22.0 Å². The maximum atomic E-state index is 11.5. The number of nitrogens with zero attached hydrogens (tertiary/aromatic N) is 3. The highest BCUT2D eigenvalue weighted by Gasteiger charge is 2.17. The molecule has 3 rings (SSSR count). The van der Waals surface area contributed by atoms with Gasteiger partial charge in [0.15, 0.2) is 5.17 Å². The van der Waals surface area contributed by atoms with Gasteiger partial charge in [-0.1, -0.05) is 23.9 Å². The molecule has 2 aromatic rings. The smallest absolute Gasteiger partial charge is 0.337 e. The van der Waals surface area contributed by atoms with Crippen LogP contribution in [0.25, 0.3) is 0 Å². The van der Waals surface area contributed by atoms with Crippen LogP contribution >= 0.6 is 11.8 Å². The molecule has 0 aromatic heterocycles. The van der Waals surface area contributed by atoms with Crippen molar-refractivity contribution >= 4 is 34.3 Å². The topological polar surface area (TPSA) is 76.5 Å². The maximum Gasteiger partial charge on any atom is 0.337 e. The lowest BCUT2D eigenvalue weighted by molar-refractivity contribution is 0.0600. The van der Waals surface area contributed by atoms with Crippen LogP contribution in [0.1, 0.15) is 21.5 Å². The van der Waals surface area contributed by atoms with E-state index < -0.39 is 0 Å². The Hall–Kier alpha value is -2.78. The van der Waals surface area contributed by atoms with E-state index in [-0.39, 0.29) is 5.97 Å². The normalized spacial score (nSPS) is 11.9. The molecule has 0 amide bonds. The molecule has 0 atom stereocenters. The van der Waals surface area contributed by atoms with Crippen LogP contribution in [0.15, 0.2) is 47.5 Å². The average Bonchev–Trinajstić information content (AvgIpc) is 3.01. The number of thioether (sulfide) groups is 1. The molecule has 113 valence electrons. The van der Waals surface area contributed by atoms with Crippen LogP contribution in [0.5, 0.6) is 0 Å². The average molecular weight is 322 g/mol. The predicted molar refractivity (Wildman–Crippen MR) is 89.1 cm³/mol. The third-order valence-electron chi connectivity index (χ3n) is 3.25. The molecule has 0 fully saturated rings. The summed E-state index contributed by atoms with van der Waals surface area (Å²) in [5.74, 6) is 0.294. The third-order valence-corrected chi connectivity index (χ3v) is 4.17. The first-order valence-corrected chi connectivity index (χ1v) is 7.83. The fourth-order valence-electron chi connectivity index (χ4n) is 2.13. The molecule has 23 heavy (non-hydrogen) atoms. The quantitative estimate of drug-likeness (QED) is 0.810. The number of hydrogen-bond donors (Lipinski definition) is 0. The lowest BCUT2D eigenvalue weighted by Gasteiger charge is -2.04. The molecule has 0 saturated heterocycles. The van der Waals surface area contributed by atoms with E-state index in [1.807, 2.05) is 12.1 Å². The fourth-order valence-corrected chi connectivity index (χ4v) is 2.93. The van der Waals surface area contributed by atoms with Crippen molar-refractivity contribution in [2.24, 2.45) is 4.99 Å². The summed E-state index contributed by atoms with van der Waals surface area (Å²) in [6.45, 7) is 0. The minimum absolute atomic E-state index is 0.351. The number of amidine groups is 1. The molecule has 6 heteroatoms. The van der Waals surface area contributed by atoms with Gasteiger partial charge in [0.1, 0.15) is 0 Å². The highest BCUT2D eigenvalue weighted by atomic mass is 32.2. The Balaban J connectivity index is 1.68. The predicted octanol–water partition coefficient (Wildman–Crippen LogP) is 3.52. The van der Waals surface area contributed by atoms with Crippen molar-refractivity contribution in [3.63, 3.8) is 0 Å². The van der Waals surface area contributed by atoms with Gasteiger partial charge in [-0.15, -0.1) is 0 Å². The van der Waals surface area contributed by atoms with Gasteiger partial charge >= 0.3 is 5.97 Å². The molecule has 1 aliphatic heterocycles. The molecule has 0 unspecified atom stereocenters. The van der Waals surface area contributed by atoms with Gasteiger partial charge in [-0.3, -0.25) is 0 Å². The van der Waals surface area contributed by atoms with Gasteiger partial charge < -0.3 is 4.74 Å². The number of benzene rings is 2. The first-order valence-electron chi connectivity index (χ1n) is 6.84. The summed E-state index contributed by atoms with van der Waals surface area (Å²) in [5.41, 5.74) is 3.58. The van der Waals surface area contributed by atoms with E-state index in [9.17, 15) is 4.79 Å². The minimum Gasteiger partial charge on any atom is -0.465 e. The van der Waals surface area contributed by atoms with Gasteiger partial charge in [0.25, 0.3) is 0 Å². The molecule has 1 aliphatic rings. The molecule has 0 aliphatic carbocycles. The molecule has 1 heterocycles. The number of methoxy groups -OCH3 is 1. The number of ether oxygens (including phenoxy) is 1. The summed E-state index contributed by atoms with van der Waals surface area (Å²) in [6, 6.07) is 14.6. The Kier molecular flexibility index (Phi) is 4.31. The van der Waals surface area contributed by atoms with E-state index >= 15 is 0 Å². The number of hydrogen-bond acceptors (Lipinski definition) is 5. The molecule has 0 N–H and O–H groups in total. The number of carbonyl (C=O) groups is 1. The summed E-state index contributed by atoms with van der Waals surface area (Å²) < 4.78 is 4.72. The summed E-state index contributed by atoms with van der Waals surface area (Å²) in [4.78, 5) is 16.0. The Morgan fingerprint density at radius 1 is 1.26 bits per heavy atom. The lowest BCUT2D eigenvalue weighted by atomic mass is 10.1. The zero-order valence-corrected chi connectivity index (χ0v) is 13.1. The van der Waals surface area contributed by atoms with E-state index in [4.69, 9.17) is 10.00 Å². The van der Waals surface area contributed by atoms with Crippen LogP contribution < -0.4 is 5.32 Å². The van der Waals surface area contributed by atoms with Crippen LogP contribution in [0.4, 0.5) is 11.4 Å². The van der Waals surface area contributed by atoms with Crippen LogP contribution in [0.2, 0.25) is 0 Å². The van der Waals surface area contributed by atoms with Crippen LogP contribution in [-0.2, 0) is 10.5 Å². The minimum atomic E-state index is -0.351. The Bertz CT molecular complexity index is 840. The molecule has 0 bridgehead atoms. The summed E-state index contributed by atoms with van der Waals surface area (Å²) in [7, 11) is 1.36. The van der Waals surface area contributed by atoms with Crippen LogP contribution in [0, 0.1) is 11.3 Å². The molecule has 0 saturated carbocycles. The molecular formula is C17H12N3O2S. The Morgan fingerprint density at radius 3 is 2.91 bits per heavy atom. The summed E-state index contributed by atoms with van der Waals surface area (Å²) >= 11 is 1.48. The zero-order valence-electron chi connectivity index (χ0n) is 12.3. The van der Waals surface area contributed by atoms with Gasteiger partial charge in [-0.05, 0) is 35.9 Å². The van der Waals surface area contributed by atoms with Crippen molar-refractivity contribution in [1.29, 1.82) is 5.26 Å². The summed E-state index contributed by atoms with van der Waals surface area (Å²) in [5, 5.41) is 14.0. The molecule has 2 aromatic carbocycles. The van der Waals surface area contributed by atoms with E-state index in [2.05, 4.69) is 16.4 Å². The molecular weight excluding hydrogens is 310 g/mol. The van der Waals surface area contributed by atoms with Crippen molar-refractivity contribution in [2.75, 3.05) is 7.11 Å². The van der Waals surface area contributed by atoms with Crippen molar-refractivity contribution < 1.29 is 9.53 Å². The first kappa shape index (κ1) is 15.1. The van der Waals surface area contributed by atoms with Crippen LogP contribution in [-0.4, -0.2) is 18.2 Å². The molecule has 1 radical (unpaired) electrons. The number of rotatable bonds is 3. The largest absolute Gasteiger partial charge is 0.465 e. The zero-order chi connectivity index (χ0) is 16.2. The van der Waals surface area contributed by atoms with E-state index in [0.717, 1.165) is 16.9 Å². The van der Waals surface area contributed by atoms with Crippen molar-refractivity contribution in [3.8, 4) is 6.07 Å². The number of nitriles is 1. The third kappa shape index (κ3) is 3.35. The maximum absolute atomic E-state index is 11.5. The molecule has 0 spiro atoms. The van der Waals surface area contributed by atoms with E-state index in [1.54, 1.807) is 30.3 Å². The fraction of sp³-hybridized carbons (Fsp3) is 0.118. The number of fused-ring (bicyclic) bond motifs is 1. The second-order valence-corrected chi connectivity index (χ2v) is 5.74. The van der Waals surface area contributed by atoms with Gasteiger partial charge in [0, 0.05) is 5.75 Å². The first-order chi connectivity index (χ1) is 11.2. The van der Waals surface area contributed by atoms with Gasteiger partial charge in [0.05, 0.1) is 35.7 Å². The number of aliphatic imine (C=N–C) groups is 1. The van der Waals surface area contributed by atoms with Gasteiger partial charge in [-0.2, -0.15) is 5.26 Å². The van der Waals surface area contributed by atoms with Gasteiger partial charge in [-0.25, -0.2) is 15.1 Å². The summed E-state index contributed by atoms with van der Waals surface area (Å²) in [6.07, 6.45) is 0. The van der Waals surface area contributed by atoms with Gasteiger partial charge in [0.2, 0.25) is 0 Å². The standard InChI is InChI=1S/C17H12N3O2S/c1-22-16(21)13-4-2-3-12(7-13)10-23-17-19-14-6-5-11(9-18)8-15(14)20-17/h2-8H,10H2,1H3. The highest BCUT2D eigenvalue weighted by Crippen LogP contribution is 2.34. The Morgan fingerprint density at radius 2 is 2.13 bits per heavy atom. The van der Waals surface area contributed by atoms with Crippen LogP contribution in [0.3, 0.4) is 0 Å². The SMILES string of the molecule is COC(=O)c1cccc(CSC2=Nc3cc(C#N)ccc3[N]2)c1. The van der Waals surface area contributed by atoms with E-state index in [1.165, 1.54) is 18.9 Å². The van der Waals surface area contributed by atoms with Crippen molar-refractivity contribution in [1.82, 2.24) is 5.32 Å². The second kappa shape index (κ2) is 6.55. The highest BCUT2D eigenvalue weighted by molar-refractivity contribution is 8.13. The Labute approximate surface area is 138 Å². The second-order valence-electron chi connectivity index (χ2n) is 4.80. The number of carbonyl (C=O) groups excluding carboxylic acids is 1.